The molecule has 0 saturated heterocycles. The van der Waals surface area contributed by atoms with Crippen LogP contribution in [0.3, 0.4) is 0 Å². The van der Waals surface area contributed by atoms with Gasteiger partial charge >= 0.3 is 0 Å². The van der Waals surface area contributed by atoms with Crippen molar-refractivity contribution in [3.8, 4) is 0 Å². The second-order valence-electron chi connectivity index (χ2n) is 4.40. The fourth-order valence-corrected chi connectivity index (χ4v) is 1.71. The first kappa shape index (κ1) is 14.7. The molecule has 0 aliphatic rings. The van der Waals surface area contributed by atoms with Crippen molar-refractivity contribution in [2.45, 2.75) is 25.9 Å². The molecule has 4 heteroatoms. The van der Waals surface area contributed by atoms with Crippen LogP contribution < -0.4 is 10.6 Å². The summed E-state index contributed by atoms with van der Waals surface area (Å²) in [5, 5.41) is 15.1. The van der Waals surface area contributed by atoms with Crippen LogP contribution in [0.1, 0.15) is 29.3 Å². The van der Waals surface area contributed by atoms with Crippen LogP contribution in [0.15, 0.2) is 24.3 Å². The molecule has 18 heavy (non-hydrogen) atoms. The first-order valence-corrected chi connectivity index (χ1v) is 6.34. The molecule has 0 fully saturated rings. The van der Waals surface area contributed by atoms with Gasteiger partial charge in [0, 0.05) is 12.1 Å². The number of aliphatic hydroxyl groups excluding tert-OH is 1. The second-order valence-corrected chi connectivity index (χ2v) is 4.40. The number of rotatable bonds is 7. The second kappa shape index (κ2) is 7.84. The minimum atomic E-state index is -0.384. The summed E-state index contributed by atoms with van der Waals surface area (Å²) in [4.78, 5) is 12.0. The molecule has 1 aromatic carbocycles. The van der Waals surface area contributed by atoms with Gasteiger partial charge in [0.05, 0.1) is 6.10 Å². The number of hydrogen-bond donors (Lipinski definition) is 3. The Labute approximate surface area is 108 Å². The van der Waals surface area contributed by atoms with Crippen molar-refractivity contribution in [1.29, 1.82) is 0 Å². The highest BCUT2D eigenvalue weighted by molar-refractivity contribution is 5.95. The lowest BCUT2D eigenvalue weighted by atomic mass is 10.0. The Morgan fingerprint density at radius 1 is 1.33 bits per heavy atom. The summed E-state index contributed by atoms with van der Waals surface area (Å²) >= 11 is 0. The zero-order chi connectivity index (χ0) is 13.4. The maximum absolute atomic E-state index is 12.0. The molecule has 0 heterocycles. The zero-order valence-corrected chi connectivity index (χ0v) is 11.1. The minimum absolute atomic E-state index is 0.0673. The summed E-state index contributed by atoms with van der Waals surface area (Å²) < 4.78 is 0. The van der Waals surface area contributed by atoms with E-state index in [4.69, 9.17) is 5.11 Å². The molecule has 0 aliphatic carbocycles. The van der Waals surface area contributed by atoms with Gasteiger partial charge in [-0.2, -0.15) is 0 Å². The third kappa shape index (κ3) is 4.85. The molecule has 1 amide bonds. The Morgan fingerprint density at radius 3 is 2.72 bits per heavy atom. The summed E-state index contributed by atoms with van der Waals surface area (Å²) in [5.41, 5.74) is 1.76. The summed E-state index contributed by atoms with van der Waals surface area (Å²) in [6.45, 7) is 3.06. The summed E-state index contributed by atoms with van der Waals surface area (Å²) in [6.07, 6.45) is 1.02. The van der Waals surface area contributed by atoms with Gasteiger partial charge in [0.2, 0.25) is 0 Å². The van der Waals surface area contributed by atoms with E-state index in [1.165, 1.54) is 0 Å². The lowest BCUT2D eigenvalue weighted by molar-refractivity contribution is 0.0944. The van der Waals surface area contributed by atoms with Crippen LogP contribution >= 0.6 is 0 Å². The molecule has 3 N–H and O–H groups in total. The van der Waals surface area contributed by atoms with E-state index in [-0.39, 0.29) is 12.0 Å². The number of carbonyl (C=O) groups excluding carboxylic acids is 1. The van der Waals surface area contributed by atoms with E-state index in [1.807, 2.05) is 31.3 Å². The SMILES string of the molecule is CNCCc1ccccc1C(=O)NCCC(C)O. The Balaban J connectivity index is 2.60. The monoisotopic (exact) mass is 250 g/mol. The molecule has 1 aromatic rings. The van der Waals surface area contributed by atoms with Crippen molar-refractivity contribution in [2.24, 2.45) is 0 Å². The van der Waals surface area contributed by atoms with Gasteiger partial charge in [-0.15, -0.1) is 0 Å². The van der Waals surface area contributed by atoms with Crippen LogP contribution in [-0.4, -0.2) is 37.3 Å². The van der Waals surface area contributed by atoms with E-state index in [2.05, 4.69) is 10.6 Å². The van der Waals surface area contributed by atoms with Crippen molar-refractivity contribution < 1.29 is 9.90 Å². The van der Waals surface area contributed by atoms with Crippen LogP contribution in [0.5, 0.6) is 0 Å². The predicted octanol–water partition coefficient (Wildman–Crippen LogP) is 0.949. The van der Waals surface area contributed by atoms with Gasteiger partial charge in [0.25, 0.3) is 5.91 Å². The van der Waals surface area contributed by atoms with E-state index in [9.17, 15) is 4.79 Å². The maximum Gasteiger partial charge on any atom is 0.251 e. The maximum atomic E-state index is 12.0. The van der Waals surface area contributed by atoms with Crippen LogP contribution in [0.25, 0.3) is 0 Å². The van der Waals surface area contributed by atoms with Gasteiger partial charge in [0.15, 0.2) is 0 Å². The molecule has 0 aromatic heterocycles. The molecule has 1 unspecified atom stereocenters. The van der Waals surface area contributed by atoms with Gasteiger partial charge in [-0.1, -0.05) is 18.2 Å². The standard InChI is InChI=1S/C14H22N2O2/c1-11(17)7-10-16-14(18)13-6-4-3-5-12(13)8-9-15-2/h3-6,11,15,17H,7-10H2,1-2H3,(H,16,18). The van der Waals surface area contributed by atoms with E-state index in [0.717, 1.165) is 24.1 Å². The summed E-state index contributed by atoms with van der Waals surface area (Å²) in [6, 6.07) is 7.62. The van der Waals surface area contributed by atoms with Crippen LogP contribution in [-0.2, 0) is 6.42 Å². The van der Waals surface area contributed by atoms with Gasteiger partial charge in [-0.3, -0.25) is 4.79 Å². The summed E-state index contributed by atoms with van der Waals surface area (Å²) in [7, 11) is 1.89. The van der Waals surface area contributed by atoms with E-state index in [0.29, 0.717) is 13.0 Å². The van der Waals surface area contributed by atoms with Crippen molar-refractivity contribution in [1.82, 2.24) is 10.6 Å². The van der Waals surface area contributed by atoms with Crippen LogP contribution in [0.2, 0.25) is 0 Å². The number of carbonyl (C=O) groups is 1. The van der Waals surface area contributed by atoms with E-state index >= 15 is 0 Å². The van der Waals surface area contributed by atoms with E-state index < -0.39 is 0 Å². The van der Waals surface area contributed by atoms with Crippen LogP contribution in [0.4, 0.5) is 0 Å². The molecule has 0 spiro atoms. The average molecular weight is 250 g/mol. The van der Waals surface area contributed by atoms with Crippen molar-refractivity contribution in [3.05, 3.63) is 35.4 Å². The fourth-order valence-electron chi connectivity index (χ4n) is 1.71. The van der Waals surface area contributed by atoms with Crippen LogP contribution in [0, 0.1) is 0 Å². The molecule has 1 rings (SSSR count). The molecule has 100 valence electrons. The smallest absolute Gasteiger partial charge is 0.251 e. The van der Waals surface area contributed by atoms with Gasteiger partial charge in [-0.05, 0) is 45.0 Å². The van der Waals surface area contributed by atoms with Gasteiger partial charge < -0.3 is 15.7 Å². The van der Waals surface area contributed by atoms with Gasteiger partial charge in [-0.25, -0.2) is 0 Å². The molecule has 1 atom stereocenters. The predicted molar refractivity (Wildman–Crippen MR) is 72.7 cm³/mol. The molecular formula is C14H22N2O2. The Morgan fingerprint density at radius 2 is 2.06 bits per heavy atom. The Bertz CT molecular complexity index is 378. The third-order valence-corrected chi connectivity index (χ3v) is 2.75. The van der Waals surface area contributed by atoms with Gasteiger partial charge in [0.1, 0.15) is 0 Å². The quantitative estimate of drug-likeness (QED) is 0.675. The number of nitrogens with one attached hydrogen (secondary N) is 2. The highest BCUT2D eigenvalue weighted by Gasteiger charge is 2.10. The number of hydrogen-bond acceptors (Lipinski definition) is 3. The lowest BCUT2D eigenvalue weighted by Crippen LogP contribution is -2.27. The van der Waals surface area contributed by atoms with E-state index in [1.54, 1.807) is 6.92 Å². The first-order valence-electron chi connectivity index (χ1n) is 6.34. The molecule has 0 bridgehead atoms. The topological polar surface area (TPSA) is 61.4 Å². The van der Waals surface area contributed by atoms with Crippen molar-refractivity contribution in [3.63, 3.8) is 0 Å². The molecular weight excluding hydrogens is 228 g/mol. The highest BCUT2D eigenvalue weighted by Crippen LogP contribution is 2.09. The molecule has 0 saturated carbocycles. The van der Waals surface area contributed by atoms with Crippen molar-refractivity contribution in [2.75, 3.05) is 20.1 Å². The minimum Gasteiger partial charge on any atom is -0.393 e. The molecule has 0 radical (unpaired) electrons. The lowest BCUT2D eigenvalue weighted by Gasteiger charge is -2.10. The normalized spacial score (nSPS) is 12.2. The highest BCUT2D eigenvalue weighted by atomic mass is 16.3. The Hall–Kier alpha value is -1.39. The number of aliphatic hydroxyl groups is 1. The number of likely N-dealkylation sites (N-methyl/N-ethyl adjacent to an activating group) is 1. The zero-order valence-electron chi connectivity index (χ0n) is 11.1. The third-order valence-electron chi connectivity index (χ3n) is 2.75. The van der Waals surface area contributed by atoms with Crippen molar-refractivity contribution >= 4 is 5.91 Å². The molecule has 4 nitrogen and oxygen atoms in total. The average Bonchev–Trinajstić information content (AvgIpc) is 2.36. The number of amides is 1. The fraction of sp³-hybridized carbons (Fsp3) is 0.500. The summed E-state index contributed by atoms with van der Waals surface area (Å²) in [5.74, 6) is -0.0673. The number of benzene rings is 1. The Kier molecular flexibility index (Phi) is 6.39. The molecule has 0 aliphatic heterocycles. The first-order chi connectivity index (χ1) is 8.65. The largest absolute Gasteiger partial charge is 0.393 e.